The lowest BCUT2D eigenvalue weighted by Gasteiger charge is -2.26. The van der Waals surface area contributed by atoms with Gasteiger partial charge in [-0.05, 0) is 49.2 Å². The Labute approximate surface area is 212 Å². The maximum atomic E-state index is 13.2. The molecule has 0 saturated carbocycles. The van der Waals surface area contributed by atoms with Crippen LogP contribution in [-0.2, 0) is 20.0 Å². The van der Waals surface area contributed by atoms with Gasteiger partial charge in [-0.1, -0.05) is 31.9 Å². The Hall–Kier alpha value is -2.18. The summed E-state index contributed by atoms with van der Waals surface area (Å²) < 4.78 is 60.3. The summed E-state index contributed by atoms with van der Waals surface area (Å²) in [4.78, 5) is 12.8. The predicted octanol–water partition coefficient (Wildman–Crippen LogP) is 3.81. The maximum absolute atomic E-state index is 13.2. The maximum Gasteiger partial charge on any atom is 0.255 e. The number of ether oxygens (including phenoxy) is 1. The van der Waals surface area contributed by atoms with Crippen LogP contribution in [-0.4, -0.2) is 64.6 Å². The van der Waals surface area contributed by atoms with Gasteiger partial charge in [0, 0.05) is 37.4 Å². The number of amides is 1. The molecule has 3 rings (SSSR count). The molecule has 0 bridgehead atoms. The molecular formula is C23H30ClN3O6S2. The summed E-state index contributed by atoms with van der Waals surface area (Å²) in [5, 5.41) is 2.66. The molecule has 0 aromatic heterocycles. The van der Waals surface area contributed by atoms with Gasteiger partial charge in [0.05, 0.1) is 12.1 Å². The number of piperidine rings is 1. The zero-order valence-electron chi connectivity index (χ0n) is 20.0. The van der Waals surface area contributed by atoms with Gasteiger partial charge in [0.15, 0.2) is 0 Å². The number of sulfonamides is 2. The van der Waals surface area contributed by atoms with Crippen molar-refractivity contribution in [1.82, 2.24) is 8.61 Å². The first-order chi connectivity index (χ1) is 16.6. The average molecular weight is 544 g/mol. The molecule has 2 aromatic carbocycles. The first-order valence-electron chi connectivity index (χ1n) is 11.4. The third-order valence-corrected chi connectivity index (χ3v) is 10.3. The van der Waals surface area contributed by atoms with Gasteiger partial charge in [0.1, 0.15) is 15.5 Å². The minimum atomic E-state index is -3.89. The summed E-state index contributed by atoms with van der Waals surface area (Å²) in [5.74, 6) is -0.434. The molecule has 0 spiro atoms. The van der Waals surface area contributed by atoms with E-state index in [0.29, 0.717) is 13.1 Å². The molecule has 1 aliphatic rings. The van der Waals surface area contributed by atoms with Crippen molar-refractivity contribution in [2.24, 2.45) is 0 Å². The minimum Gasteiger partial charge on any atom is -0.495 e. The number of carbonyl (C=O) groups excluding carboxylic acids is 1. The highest BCUT2D eigenvalue weighted by molar-refractivity contribution is 7.89. The van der Waals surface area contributed by atoms with E-state index in [4.69, 9.17) is 16.3 Å². The molecule has 192 valence electrons. The molecule has 1 saturated heterocycles. The van der Waals surface area contributed by atoms with Crippen molar-refractivity contribution in [3.63, 3.8) is 0 Å². The zero-order chi connectivity index (χ0) is 25.8. The molecule has 0 aliphatic carbocycles. The molecule has 1 aliphatic heterocycles. The van der Waals surface area contributed by atoms with Crippen LogP contribution in [0.15, 0.2) is 46.2 Å². The fourth-order valence-corrected chi connectivity index (χ4v) is 7.61. The SMILES string of the molecule is CCN(CC)S(=O)(=O)c1cc(C(=O)Nc2ccc(OC)c(S(=O)(=O)N3CCCCC3)c2)ccc1Cl. The van der Waals surface area contributed by atoms with Crippen LogP contribution in [0.5, 0.6) is 5.75 Å². The van der Waals surface area contributed by atoms with Crippen LogP contribution in [0.3, 0.4) is 0 Å². The Kier molecular flexibility index (Phi) is 8.81. The molecule has 1 N–H and O–H groups in total. The second-order valence-corrected chi connectivity index (χ2v) is 12.2. The second-order valence-electron chi connectivity index (χ2n) is 8.02. The summed E-state index contributed by atoms with van der Waals surface area (Å²) >= 11 is 6.16. The van der Waals surface area contributed by atoms with Gasteiger partial charge < -0.3 is 10.1 Å². The van der Waals surface area contributed by atoms with E-state index in [2.05, 4.69) is 5.32 Å². The highest BCUT2D eigenvalue weighted by Gasteiger charge is 2.30. The molecular weight excluding hydrogens is 514 g/mol. The summed E-state index contributed by atoms with van der Waals surface area (Å²) in [6.07, 6.45) is 2.55. The van der Waals surface area contributed by atoms with Crippen molar-refractivity contribution in [3.05, 3.63) is 47.0 Å². The topological polar surface area (TPSA) is 113 Å². The van der Waals surface area contributed by atoms with E-state index in [0.717, 1.165) is 19.3 Å². The van der Waals surface area contributed by atoms with Gasteiger partial charge in [0.2, 0.25) is 20.0 Å². The number of benzene rings is 2. The van der Waals surface area contributed by atoms with Crippen LogP contribution in [0.25, 0.3) is 0 Å². The summed E-state index contributed by atoms with van der Waals surface area (Å²) in [7, 11) is -6.33. The third kappa shape index (κ3) is 5.80. The smallest absolute Gasteiger partial charge is 0.255 e. The number of nitrogens with zero attached hydrogens (tertiary/aromatic N) is 2. The Morgan fingerprint density at radius 2 is 1.66 bits per heavy atom. The highest BCUT2D eigenvalue weighted by atomic mass is 35.5. The largest absolute Gasteiger partial charge is 0.495 e. The zero-order valence-corrected chi connectivity index (χ0v) is 22.3. The second kappa shape index (κ2) is 11.3. The number of hydrogen-bond donors (Lipinski definition) is 1. The van der Waals surface area contributed by atoms with Crippen LogP contribution in [0.4, 0.5) is 5.69 Å². The van der Waals surface area contributed by atoms with E-state index in [1.807, 2.05) is 0 Å². The van der Waals surface area contributed by atoms with E-state index in [-0.39, 0.29) is 44.9 Å². The average Bonchev–Trinajstić information content (AvgIpc) is 2.85. The summed E-state index contributed by atoms with van der Waals surface area (Å²) in [5.41, 5.74) is 0.297. The molecule has 0 atom stereocenters. The van der Waals surface area contributed by atoms with E-state index in [1.165, 1.54) is 52.1 Å². The van der Waals surface area contributed by atoms with Crippen LogP contribution >= 0.6 is 11.6 Å². The molecule has 2 aromatic rings. The Bertz CT molecular complexity index is 1290. The van der Waals surface area contributed by atoms with E-state index >= 15 is 0 Å². The predicted molar refractivity (Wildman–Crippen MR) is 135 cm³/mol. The normalized spacial score (nSPS) is 15.2. The van der Waals surface area contributed by atoms with E-state index in [1.54, 1.807) is 13.8 Å². The fraction of sp³-hybridized carbons (Fsp3) is 0.435. The van der Waals surface area contributed by atoms with Gasteiger partial charge in [-0.3, -0.25) is 4.79 Å². The molecule has 1 heterocycles. The Morgan fingerprint density at radius 1 is 1.00 bits per heavy atom. The third-order valence-electron chi connectivity index (χ3n) is 5.87. The van der Waals surface area contributed by atoms with Crippen molar-refractivity contribution in [3.8, 4) is 5.75 Å². The minimum absolute atomic E-state index is 0.00723. The lowest BCUT2D eigenvalue weighted by atomic mass is 10.2. The van der Waals surface area contributed by atoms with Crippen molar-refractivity contribution in [2.45, 2.75) is 42.9 Å². The van der Waals surface area contributed by atoms with Crippen LogP contribution in [0, 0.1) is 0 Å². The molecule has 35 heavy (non-hydrogen) atoms. The quantitative estimate of drug-likeness (QED) is 0.514. The van der Waals surface area contributed by atoms with Crippen LogP contribution in [0.1, 0.15) is 43.5 Å². The number of methoxy groups -OCH3 is 1. The Morgan fingerprint density at radius 3 is 2.26 bits per heavy atom. The molecule has 0 radical (unpaired) electrons. The van der Waals surface area contributed by atoms with Crippen LogP contribution < -0.4 is 10.1 Å². The number of rotatable bonds is 9. The number of carbonyl (C=O) groups is 1. The Balaban J connectivity index is 1.93. The first kappa shape index (κ1) is 27.4. The van der Waals surface area contributed by atoms with E-state index in [9.17, 15) is 21.6 Å². The van der Waals surface area contributed by atoms with E-state index < -0.39 is 26.0 Å². The molecule has 12 heteroatoms. The number of anilines is 1. The fourth-order valence-electron chi connectivity index (χ4n) is 3.95. The van der Waals surface area contributed by atoms with Gasteiger partial charge in [-0.2, -0.15) is 8.61 Å². The van der Waals surface area contributed by atoms with Gasteiger partial charge in [-0.15, -0.1) is 0 Å². The van der Waals surface area contributed by atoms with Crippen molar-refractivity contribution >= 4 is 43.2 Å². The standard InChI is InChI=1S/C23H30ClN3O6S2/c1-4-26(5-2)34(29,30)21-15-17(9-11-19(21)24)23(28)25-18-10-12-20(33-3)22(16-18)35(31,32)27-13-7-6-8-14-27/h9-12,15-16H,4-8,13-14H2,1-3H3,(H,25,28). The number of nitrogens with one attached hydrogen (secondary N) is 1. The monoisotopic (exact) mass is 543 g/mol. The van der Waals surface area contributed by atoms with Crippen molar-refractivity contribution in [2.75, 3.05) is 38.6 Å². The molecule has 9 nitrogen and oxygen atoms in total. The van der Waals surface area contributed by atoms with Crippen LogP contribution in [0.2, 0.25) is 5.02 Å². The van der Waals surface area contributed by atoms with Crippen molar-refractivity contribution < 1.29 is 26.4 Å². The number of halogens is 1. The summed E-state index contributed by atoms with van der Waals surface area (Å²) in [6, 6.07) is 8.34. The van der Waals surface area contributed by atoms with Gasteiger partial charge in [0.25, 0.3) is 5.91 Å². The lowest BCUT2D eigenvalue weighted by Crippen LogP contribution is -2.35. The summed E-state index contributed by atoms with van der Waals surface area (Å²) in [6.45, 7) is 4.79. The lowest BCUT2D eigenvalue weighted by molar-refractivity contribution is 0.102. The van der Waals surface area contributed by atoms with Crippen molar-refractivity contribution in [1.29, 1.82) is 0 Å². The number of hydrogen-bond acceptors (Lipinski definition) is 6. The van der Waals surface area contributed by atoms with Gasteiger partial charge >= 0.3 is 0 Å². The van der Waals surface area contributed by atoms with Gasteiger partial charge in [-0.25, -0.2) is 16.8 Å². The highest BCUT2D eigenvalue weighted by Crippen LogP contribution is 2.32. The first-order valence-corrected chi connectivity index (χ1v) is 14.6. The molecule has 0 unspecified atom stereocenters. The molecule has 1 fully saturated rings. The molecule has 1 amide bonds.